The van der Waals surface area contributed by atoms with Gasteiger partial charge in [0.25, 0.3) is 5.91 Å². The van der Waals surface area contributed by atoms with Crippen LogP contribution in [-0.4, -0.2) is 81.4 Å². The molecule has 3 amide bonds. The molecule has 2 aromatic heterocycles. The molecule has 11 nitrogen and oxygen atoms in total. The van der Waals surface area contributed by atoms with Gasteiger partial charge in [-0.1, -0.05) is 6.07 Å². The van der Waals surface area contributed by atoms with Gasteiger partial charge in [-0.2, -0.15) is 0 Å². The van der Waals surface area contributed by atoms with Crippen molar-refractivity contribution >= 4 is 17.8 Å². The molecule has 0 radical (unpaired) electrons. The molecule has 1 aromatic carbocycles. The van der Waals surface area contributed by atoms with Gasteiger partial charge in [0.05, 0.1) is 25.9 Å². The second-order valence-electron chi connectivity index (χ2n) is 9.93. The summed E-state index contributed by atoms with van der Waals surface area (Å²) in [5, 5.41) is 11.6. The van der Waals surface area contributed by atoms with Crippen molar-refractivity contribution in [2.45, 2.75) is 38.8 Å². The Morgan fingerprint density at radius 1 is 1.05 bits per heavy atom. The van der Waals surface area contributed by atoms with E-state index < -0.39 is 0 Å². The summed E-state index contributed by atoms with van der Waals surface area (Å²) in [6.45, 7) is 5.53. The van der Waals surface area contributed by atoms with E-state index in [1.807, 2.05) is 34.1 Å². The smallest absolute Gasteiger partial charge is 0.320 e. The van der Waals surface area contributed by atoms with E-state index in [0.717, 1.165) is 29.8 Å². The predicted octanol–water partition coefficient (Wildman–Crippen LogP) is 2.92. The molecule has 3 aliphatic heterocycles. The molecule has 11 heteroatoms. The predicted molar refractivity (Wildman–Crippen MR) is 139 cm³/mol. The highest BCUT2D eigenvalue weighted by atomic mass is 16.5. The number of aryl methyl sites for hydroxylation is 1. The number of hydrogen-bond donors (Lipinski definition) is 1. The number of ether oxygens (including phenoxy) is 2. The van der Waals surface area contributed by atoms with E-state index in [-0.39, 0.29) is 11.9 Å². The first-order valence-electron chi connectivity index (χ1n) is 13.1. The molecule has 0 aliphatic carbocycles. The van der Waals surface area contributed by atoms with Crippen LogP contribution in [0.1, 0.15) is 46.7 Å². The van der Waals surface area contributed by atoms with E-state index >= 15 is 0 Å². The Morgan fingerprint density at radius 3 is 2.71 bits per heavy atom. The van der Waals surface area contributed by atoms with Crippen LogP contribution in [-0.2, 0) is 24.1 Å². The van der Waals surface area contributed by atoms with Crippen LogP contribution >= 0.6 is 0 Å². The second-order valence-corrected chi connectivity index (χ2v) is 9.93. The minimum absolute atomic E-state index is 0.0102. The van der Waals surface area contributed by atoms with Crippen LogP contribution in [0.25, 0.3) is 11.5 Å². The van der Waals surface area contributed by atoms with Gasteiger partial charge in [-0.25, -0.2) is 9.78 Å². The lowest BCUT2D eigenvalue weighted by Gasteiger charge is -2.35. The summed E-state index contributed by atoms with van der Waals surface area (Å²) in [6.07, 6.45) is 2.63. The Balaban J connectivity index is 1.22. The third-order valence-electron chi connectivity index (χ3n) is 7.54. The molecule has 3 aliphatic rings. The Labute approximate surface area is 220 Å². The van der Waals surface area contributed by atoms with Gasteiger partial charge in [-0.05, 0) is 55.2 Å². The summed E-state index contributed by atoms with van der Waals surface area (Å²) < 4.78 is 13.1. The fraction of sp³-hybridized carbons (Fsp3) is 0.444. The molecular weight excluding hydrogens is 486 g/mol. The van der Waals surface area contributed by atoms with Crippen LogP contribution in [0, 0.1) is 0 Å². The number of carbonyl (C=O) groups is 2. The zero-order chi connectivity index (χ0) is 26.2. The van der Waals surface area contributed by atoms with Gasteiger partial charge in [-0.15, -0.1) is 10.2 Å². The SMILES string of the molecule is COc1cc2c(cc1C(=O)Nc1cccc(-c3nnc4n3[C@H](C)CC4)n1)CN(C(=O)N1CCOCC1)CC2. The first-order chi connectivity index (χ1) is 18.5. The normalized spacial score (nSPS) is 18.6. The summed E-state index contributed by atoms with van der Waals surface area (Å²) in [5.74, 6) is 2.25. The molecule has 0 saturated carbocycles. The largest absolute Gasteiger partial charge is 0.496 e. The molecule has 6 rings (SSSR count). The van der Waals surface area contributed by atoms with Crippen molar-refractivity contribution in [3.63, 3.8) is 0 Å². The molecule has 0 bridgehead atoms. The van der Waals surface area contributed by atoms with Crippen LogP contribution in [0.3, 0.4) is 0 Å². The average molecular weight is 518 g/mol. The molecule has 1 saturated heterocycles. The van der Waals surface area contributed by atoms with Gasteiger partial charge in [0.15, 0.2) is 5.82 Å². The highest BCUT2D eigenvalue weighted by molar-refractivity contribution is 6.06. The van der Waals surface area contributed by atoms with Gasteiger partial charge < -0.3 is 29.2 Å². The fourth-order valence-corrected chi connectivity index (χ4v) is 5.46. The molecule has 1 fully saturated rings. The van der Waals surface area contributed by atoms with E-state index in [1.54, 1.807) is 13.2 Å². The fourth-order valence-electron chi connectivity index (χ4n) is 5.46. The molecule has 0 unspecified atom stereocenters. The summed E-state index contributed by atoms with van der Waals surface area (Å²) in [7, 11) is 1.56. The molecule has 1 N–H and O–H groups in total. The van der Waals surface area contributed by atoms with Crippen molar-refractivity contribution in [1.29, 1.82) is 0 Å². The number of rotatable bonds is 4. The maximum Gasteiger partial charge on any atom is 0.320 e. The molecule has 38 heavy (non-hydrogen) atoms. The van der Waals surface area contributed by atoms with Crippen molar-refractivity contribution in [1.82, 2.24) is 29.5 Å². The number of urea groups is 1. The lowest BCUT2D eigenvalue weighted by atomic mass is 9.96. The Morgan fingerprint density at radius 2 is 1.89 bits per heavy atom. The summed E-state index contributed by atoms with van der Waals surface area (Å²) in [6, 6.07) is 9.53. The standard InChI is InChI=1S/C27H31N7O4/c1-17-6-7-24-30-31-25(34(17)24)21-4-3-5-23(28-21)29-26(35)20-14-19-16-33(9-8-18(19)15-22(20)37-2)27(36)32-10-12-38-13-11-32/h3-5,14-15,17H,6-13,16H2,1-2H3,(H,28,29,35)/t17-/m1/s1. The second kappa shape index (κ2) is 10.1. The van der Waals surface area contributed by atoms with Crippen LogP contribution in [0.5, 0.6) is 5.75 Å². The van der Waals surface area contributed by atoms with E-state index in [9.17, 15) is 9.59 Å². The lowest BCUT2D eigenvalue weighted by molar-refractivity contribution is 0.0421. The topological polar surface area (TPSA) is 115 Å². The molecule has 5 heterocycles. The molecule has 3 aromatic rings. The minimum atomic E-state index is -0.328. The number of nitrogens with zero attached hydrogens (tertiary/aromatic N) is 6. The van der Waals surface area contributed by atoms with Crippen LogP contribution in [0.2, 0.25) is 0 Å². The maximum atomic E-state index is 13.4. The maximum absolute atomic E-state index is 13.4. The number of fused-ring (bicyclic) bond motifs is 2. The molecule has 0 spiro atoms. The zero-order valence-electron chi connectivity index (χ0n) is 21.6. The number of morpholine rings is 1. The summed E-state index contributed by atoms with van der Waals surface area (Å²) in [4.78, 5) is 34.8. The minimum Gasteiger partial charge on any atom is -0.496 e. The third-order valence-corrected chi connectivity index (χ3v) is 7.54. The summed E-state index contributed by atoms with van der Waals surface area (Å²) >= 11 is 0. The average Bonchev–Trinajstić information content (AvgIpc) is 3.55. The van der Waals surface area contributed by atoms with Gasteiger partial charge in [-0.3, -0.25) is 4.79 Å². The number of nitrogens with one attached hydrogen (secondary N) is 1. The van der Waals surface area contributed by atoms with Crippen molar-refractivity contribution in [3.8, 4) is 17.3 Å². The number of methoxy groups -OCH3 is 1. The monoisotopic (exact) mass is 517 g/mol. The Kier molecular flexibility index (Phi) is 6.44. The van der Waals surface area contributed by atoms with Gasteiger partial charge in [0.2, 0.25) is 0 Å². The van der Waals surface area contributed by atoms with E-state index in [1.165, 1.54) is 0 Å². The van der Waals surface area contributed by atoms with Crippen molar-refractivity contribution in [2.24, 2.45) is 0 Å². The molecule has 198 valence electrons. The quantitative estimate of drug-likeness (QED) is 0.566. The van der Waals surface area contributed by atoms with Crippen LogP contribution < -0.4 is 10.1 Å². The number of benzene rings is 1. The van der Waals surface area contributed by atoms with Crippen molar-refractivity contribution in [2.75, 3.05) is 45.3 Å². The highest BCUT2D eigenvalue weighted by Gasteiger charge is 2.29. The molecule has 1 atom stereocenters. The van der Waals surface area contributed by atoms with Crippen molar-refractivity contribution in [3.05, 3.63) is 52.8 Å². The lowest BCUT2D eigenvalue weighted by Crippen LogP contribution is -2.49. The Bertz CT molecular complexity index is 1380. The number of hydrogen-bond acceptors (Lipinski definition) is 7. The zero-order valence-corrected chi connectivity index (χ0v) is 21.6. The van der Waals surface area contributed by atoms with Gasteiger partial charge >= 0.3 is 6.03 Å². The van der Waals surface area contributed by atoms with E-state index in [0.29, 0.717) is 80.5 Å². The van der Waals surface area contributed by atoms with Crippen LogP contribution in [0.4, 0.5) is 10.6 Å². The number of aromatic nitrogens is 4. The van der Waals surface area contributed by atoms with Gasteiger partial charge in [0.1, 0.15) is 23.1 Å². The van der Waals surface area contributed by atoms with Crippen LogP contribution in [0.15, 0.2) is 30.3 Å². The summed E-state index contributed by atoms with van der Waals surface area (Å²) in [5.41, 5.74) is 3.08. The highest BCUT2D eigenvalue weighted by Crippen LogP contribution is 2.31. The number of anilines is 1. The number of amides is 3. The third kappa shape index (κ3) is 4.47. The first-order valence-corrected chi connectivity index (χ1v) is 13.1. The number of carbonyl (C=O) groups excluding carboxylic acids is 2. The van der Waals surface area contributed by atoms with Crippen molar-refractivity contribution < 1.29 is 19.1 Å². The molecular formula is C27H31N7O4. The van der Waals surface area contributed by atoms with E-state index in [2.05, 4.69) is 32.0 Å². The van der Waals surface area contributed by atoms with Gasteiger partial charge in [0, 0.05) is 38.6 Å². The van der Waals surface area contributed by atoms with E-state index in [4.69, 9.17) is 9.47 Å². The number of pyridine rings is 1. The Hall–Kier alpha value is -3.99. The first kappa shape index (κ1) is 24.4.